The van der Waals surface area contributed by atoms with Gasteiger partial charge in [0, 0.05) is 0 Å². The molecule has 2 bridgehead atoms. The fourth-order valence-corrected chi connectivity index (χ4v) is 1.89. The van der Waals surface area contributed by atoms with Crippen LogP contribution in [0.25, 0.3) is 0 Å². The summed E-state index contributed by atoms with van der Waals surface area (Å²) in [6.07, 6.45) is 7.44. The third kappa shape index (κ3) is 1.69. The van der Waals surface area contributed by atoms with E-state index in [9.17, 15) is 0 Å². The van der Waals surface area contributed by atoms with Crippen molar-refractivity contribution in [2.24, 2.45) is 17.8 Å². The van der Waals surface area contributed by atoms with Gasteiger partial charge in [-0.25, -0.2) is 0 Å². The number of allylic oxidation sites excluding steroid dienone is 2. The zero-order valence-electron chi connectivity index (χ0n) is 6.09. The number of halogens is 1. The van der Waals surface area contributed by atoms with Crippen LogP contribution in [-0.2, 0) is 0 Å². The fourth-order valence-electron chi connectivity index (χ4n) is 1.89. The van der Waals surface area contributed by atoms with Gasteiger partial charge in [0.05, 0.1) is 0 Å². The van der Waals surface area contributed by atoms with Gasteiger partial charge in [-0.1, -0.05) is 18.6 Å². The fraction of sp³-hybridized carbons (Fsp3) is 0.625. The molecule has 0 saturated heterocycles. The van der Waals surface area contributed by atoms with E-state index in [1.54, 1.807) is 0 Å². The Bertz CT molecular complexity index is 133. The van der Waals surface area contributed by atoms with Gasteiger partial charge in [-0.2, -0.15) is 5.92 Å². The van der Waals surface area contributed by atoms with Crippen molar-refractivity contribution in [3.05, 3.63) is 19.1 Å². The van der Waals surface area contributed by atoms with Crippen molar-refractivity contribution in [3.8, 4) is 0 Å². The van der Waals surface area contributed by atoms with E-state index < -0.39 is 0 Å². The molecule has 1 fully saturated rings. The van der Waals surface area contributed by atoms with Crippen molar-refractivity contribution in [2.45, 2.75) is 12.8 Å². The predicted octanol–water partition coefficient (Wildman–Crippen LogP) is -1.34. The SMILES string of the molecule is [CH2-]C1CC2C=CC1C2.[Cl-].[Mg+2]. The van der Waals surface area contributed by atoms with Crippen LogP contribution in [0.15, 0.2) is 12.2 Å². The van der Waals surface area contributed by atoms with Crippen LogP contribution in [0.5, 0.6) is 0 Å². The minimum atomic E-state index is 0. The predicted molar refractivity (Wildman–Crippen MR) is 40.0 cm³/mol. The second-order valence-electron chi connectivity index (χ2n) is 3.04. The van der Waals surface area contributed by atoms with Gasteiger partial charge in [0.1, 0.15) is 0 Å². The Hall–Kier alpha value is 0.796. The van der Waals surface area contributed by atoms with Crippen LogP contribution < -0.4 is 12.4 Å². The van der Waals surface area contributed by atoms with Crippen molar-refractivity contribution < 1.29 is 12.4 Å². The summed E-state index contributed by atoms with van der Waals surface area (Å²) in [5.74, 6) is 2.49. The van der Waals surface area contributed by atoms with Crippen LogP contribution >= 0.6 is 0 Å². The van der Waals surface area contributed by atoms with Gasteiger partial charge in [0.15, 0.2) is 0 Å². The molecule has 1 saturated carbocycles. The molecule has 0 aliphatic heterocycles. The van der Waals surface area contributed by atoms with Gasteiger partial charge < -0.3 is 19.3 Å². The Kier molecular flexibility index (Phi) is 4.30. The standard InChI is InChI=1S/C8H11.ClH.Mg/c1-6-4-7-2-3-8(6)5-7;;/h2-3,6-8H,1,4-5H2;1H;/q-1;;+2/p-1. The first-order valence-corrected chi connectivity index (χ1v) is 3.37. The molecule has 0 nitrogen and oxygen atoms in total. The maximum absolute atomic E-state index is 4.07. The Labute approximate surface area is 85.0 Å². The van der Waals surface area contributed by atoms with Crippen LogP contribution in [0.3, 0.4) is 0 Å². The molecule has 0 aromatic rings. The van der Waals surface area contributed by atoms with E-state index in [0.717, 1.165) is 17.8 Å². The van der Waals surface area contributed by atoms with E-state index >= 15 is 0 Å². The number of rotatable bonds is 0. The summed E-state index contributed by atoms with van der Waals surface area (Å²) in [4.78, 5) is 0. The topological polar surface area (TPSA) is 0 Å². The van der Waals surface area contributed by atoms with Crippen molar-refractivity contribution in [1.82, 2.24) is 0 Å². The largest absolute Gasteiger partial charge is 2.00 e. The summed E-state index contributed by atoms with van der Waals surface area (Å²) in [7, 11) is 0. The molecule has 2 heteroatoms. The minimum Gasteiger partial charge on any atom is -1.00 e. The molecule has 0 N–H and O–H groups in total. The molecule has 3 atom stereocenters. The Morgan fingerprint density at radius 3 is 2.10 bits per heavy atom. The summed E-state index contributed by atoms with van der Waals surface area (Å²) < 4.78 is 0. The zero-order valence-corrected chi connectivity index (χ0v) is 8.26. The normalized spacial score (nSPS) is 40.7. The Morgan fingerprint density at radius 1 is 1.20 bits per heavy atom. The smallest absolute Gasteiger partial charge is 1.00 e. The third-order valence-electron chi connectivity index (χ3n) is 2.42. The van der Waals surface area contributed by atoms with Crippen LogP contribution in [-0.4, -0.2) is 23.1 Å². The summed E-state index contributed by atoms with van der Waals surface area (Å²) >= 11 is 0. The maximum atomic E-state index is 4.07. The first-order valence-electron chi connectivity index (χ1n) is 3.37. The summed E-state index contributed by atoms with van der Waals surface area (Å²) in [5.41, 5.74) is 0. The first kappa shape index (κ1) is 10.8. The van der Waals surface area contributed by atoms with Gasteiger partial charge in [0.2, 0.25) is 0 Å². The van der Waals surface area contributed by atoms with Crippen LogP contribution in [0, 0.1) is 24.7 Å². The Balaban J connectivity index is 0.000000405. The molecular weight excluding hydrogens is 156 g/mol. The van der Waals surface area contributed by atoms with E-state index in [2.05, 4.69) is 19.1 Å². The van der Waals surface area contributed by atoms with Gasteiger partial charge in [-0.05, 0) is 18.3 Å². The van der Waals surface area contributed by atoms with Gasteiger partial charge >= 0.3 is 23.1 Å². The molecule has 2 rings (SSSR count). The summed E-state index contributed by atoms with van der Waals surface area (Å²) in [5, 5.41) is 0. The van der Waals surface area contributed by atoms with E-state index in [4.69, 9.17) is 0 Å². The van der Waals surface area contributed by atoms with Crippen molar-refractivity contribution in [2.75, 3.05) is 0 Å². The van der Waals surface area contributed by atoms with Crippen LogP contribution in [0.4, 0.5) is 0 Å². The average Bonchev–Trinajstić information content (AvgIpc) is 2.23. The molecular formula is C8H11ClMg. The molecule has 0 amide bonds. The molecule has 10 heavy (non-hydrogen) atoms. The average molecular weight is 167 g/mol. The molecule has 52 valence electrons. The first-order chi connectivity index (χ1) is 3.86. The van der Waals surface area contributed by atoms with Crippen LogP contribution in [0.2, 0.25) is 0 Å². The van der Waals surface area contributed by atoms with Gasteiger partial charge in [-0.3, -0.25) is 0 Å². The molecule has 0 spiro atoms. The second-order valence-corrected chi connectivity index (χ2v) is 3.04. The monoisotopic (exact) mass is 166 g/mol. The molecule has 0 heterocycles. The Morgan fingerprint density at radius 2 is 1.90 bits per heavy atom. The number of hydrogen-bond acceptors (Lipinski definition) is 0. The zero-order chi connectivity index (χ0) is 5.56. The quantitative estimate of drug-likeness (QED) is 0.238. The minimum absolute atomic E-state index is 0. The van der Waals surface area contributed by atoms with Crippen molar-refractivity contribution in [1.29, 1.82) is 0 Å². The second kappa shape index (κ2) is 3.98. The molecule has 0 aromatic heterocycles. The van der Waals surface area contributed by atoms with Gasteiger partial charge in [0.25, 0.3) is 0 Å². The molecule has 0 radical (unpaired) electrons. The molecule has 3 unspecified atom stereocenters. The summed E-state index contributed by atoms with van der Waals surface area (Å²) in [6, 6.07) is 0. The van der Waals surface area contributed by atoms with Crippen molar-refractivity contribution in [3.63, 3.8) is 0 Å². The van der Waals surface area contributed by atoms with Crippen molar-refractivity contribution >= 4 is 23.1 Å². The number of fused-ring (bicyclic) bond motifs is 2. The van der Waals surface area contributed by atoms with E-state index in [1.165, 1.54) is 12.8 Å². The molecule has 2 aliphatic carbocycles. The van der Waals surface area contributed by atoms with Gasteiger partial charge in [-0.15, -0.1) is 0 Å². The molecule has 2 aliphatic rings. The van der Waals surface area contributed by atoms with E-state index in [0.29, 0.717) is 0 Å². The van der Waals surface area contributed by atoms with E-state index in [1.807, 2.05) is 0 Å². The van der Waals surface area contributed by atoms with Crippen LogP contribution in [0.1, 0.15) is 12.8 Å². The molecule has 0 aromatic carbocycles. The third-order valence-corrected chi connectivity index (χ3v) is 2.42. The number of hydrogen-bond donors (Lipinski definition) is 0. The summed E-state index contributed by atoms with van der Waals surface area (Å²) in [6.45, 7) is 4.07. The van der Waals surface area contributed by atoms with E-state index in [-0.39, 0.29) is 35.5 Å². The maximum Gasteiger partial charge on any atom is 2.00 e.